The molecule has 2 rings (SSSR count). The number of aryl methyl sites for hydroxylation is 2. The fraction of sp³-hybridized carbons (Fsp3) is 0.231. The van der Waals surface area contributed by atoms with Gasteiger partial charge in [-0.3, -0.25) is 9.78 Å². The molecule has 104 valence electrons. The van der Waals surface area contributed by atoms with Crippen LogP contribution in [0.2, 0.25) is 0 Å². The minimum Gasteiger partial charge on any atom is -0.478 e. The van der Waals surface area contributed by atoms with Gasteiger partial charge in [-0.15, -0.1) is 0 Å². The lowest BCUT2D eigenvalue weighted by Gasteiger charge is -2.05. The van der Waals surface area contributed by atoms with Crippen molar-refractivity contribution in [1.29, 1.82) is 0 Å². The van der Waals surface area contributed by atoms with Crippen molar-refractivity contribution in [3.63, 3.8) is 0 Å². The van der Waals surface area contributed by atoms with Crippen molar-refractivity contribution < 1.29 is 19.2 Å². The molecule has 0 radical (unpaired) electrons. The fourth-order valence-corrected chi connectivity index (χ4v) is 1.77. The minimum absolute atomic E-state index is 0.000514. The van der Waals surface area contributed by atoms with Crippen LogP contribution >= 0.6 is 0 Å². The van der Waals surface area contributed by atoms with Crippen molar-refractivity contribution in [2.45, 2.75) is 20.3 Å². The molecule has 0 aliphatic carbocycles. The van der Waals surface area contributed by atoms with Crippen molar-refractivity contribution in [1.82, 2.24) is 10.1 Å². The third-order valence-corrected chi connectivity index (χ3v) is 2.74. The summed E-state index contributed by atoms with van der Waals surface area (Å²) in [5, 5.41) is 15.3. The molecule has 0 atom stereocenters. The van der Waals surface area contributed by atoms with Gasteiger partial charge in [0.1, 0.15) is 11.3 Å². The van der Waals surface area contributed by atoms with E-state index in [1.807, 2.05) is 6.92 Å². The standard InChI is InChI=1S/C13H13N3O4/c1-3-10-11(7(2)20-16-10)12(17)15-9-4-8(13(18)19)5-14-6-9/h4-6H,3H2,1-2H3,(H,15,17)(H,18,19). The average Bonchev–Trinajstić information content (AvgIpc) is 2.80. The first kappa shape index (κ1) is 13.7. The highest BCUT2D eigenvalue weighted by Crippen LogP contribution is 2.17. The number of rotatable bonds is 4. The number of carboxylic acids is 1. The molecule has 0 unspecified atom stereocenters. The number of carbonyl (C=O) groups excluding carboxylic acids is 1. The Labute approximate surface area is 114 Å². The van der Waals surface area contributed by atoms with Crippen LogP contribution in [0.5, 0.6) is 0 Å². The number of carbonyl (C=O) groups is 2. The van der Waals surface area contributed by atoms with Crippen molar-refractivity contribution >= 4 is 17.6 Å². The van der Waals surface area contributed by atoms with E-state index in [0.717, 1.165) is 0 Å². The Morgan fingerprint density at radius 1 is 1.40 bits per heavy atom. The highest BCUT2D eigenvalue weighted by Gasteiger charge is 2.19. The molecular weight excluding hydrogens is 262 g/mol. The number of hydrogen-bond donors (Lipinski definition) is 2. The normalized spacial score (nSPS) is 10.3. The topological polar surface area (TPSA) is 105 Å². The Morgan fingerprint density at radius 3 is 2.80 bits per heavy atom. The second-order valence-corrected chi connectivity index (χ2v) is 4.14. The van der Waals surface area contributed by atoms with Gasteiger partial charge in [0.05, 0.1) is 23.1 Å². The molecular formula is C13H13N3O4. The van der Waals surface area contributed by atoms with Crippen molar-refractivity contribution in [2.75, 3.05) is 5.32 Å². The van der Waals surface area contributed by atoms with Gasteiger partial charge in [-0.25, -0.2) is 4.79 Å². The SMILES string of the molecule is CCc1noc(C)c1C(=O)Nc1cncc(C(=O)O)c1. The molecule has 2 heterocycles. The number of carboxylic acid groups (broad SMARTS) is 1. The van der Waals surface area contributed by atoms with E-state index in [1.54, 1.807) is 6.92 Å². The van der Waals surface area contributed by atoms with Gasteiger partial charge in [-0.2, -0.15) is 0 Å². The Hall–Kier alpha value is -2.70. The highest BCUT2D eigenvalue weighted by molar-refractivity contribution is 6.06. The maximum absolute atomic E-state index is 12.2. The molecule has 0 fully saturated rings. The van der Waals surface area contributed by atoms with Crippen LogP contribution in [0.4, 0.5) is 5.69 Å². The third kappa shape index (κ3) is 2.66. The number of anilines is 1. The van der Waals surface area contributed by atoms with E-state index in [2.05, 4.69) is 15.5 Å². The molecule has 0 bridgehead atoms. The molecule has 0 aliphatic heterocycles. The summed E-state index contributed by atoms with van der Waals surface area (Å²) in [5.41, 5.74) is 1.23. The summed E-state index contributed by atoms with van der Waals surface area (Å²) < 4.78 is 4.99. The molecule has 1 amide bonds. The number of aromatic carboxylic acids is 1. The highest BCUT2D eigenvalue weighted by atomic mass is 16.5. The lowest BCUT2D eigenvalue weighted by Crippen LogP contribution is -2.15. The third-order valence-electron chi connectivity index (χ3n) is 2.74. The van der Waals surface area contributed by atoms with Gasteiger partial charge in [-0.05, 0) is 19.4 Å². The van der Waals surface area contributed by atoms with Crippen LogP contribution in [0, 0.1) is 6.92 Å². The minimum atomic E-state index is -1.11. The van der Waals surface area contributed by atoms with Gasteiger partial charge < -0.3 is 14.9 Å². The Morgan fingerprint density at radius 2 is 2.15 bits per heavy atom. The van der Waals surface area contributed by atoms with Crippen molar-refractivity contribution in [3.05, 3.63) is 41.0 Å². The Bertz CT molecular complexity index is 663. The molecule has 0 saturated heterocycles. The summed E-state index contributed by atoms with van der Waals surface area (Å²) in [7, 11) is 0. The van der Waals surface area contributed by atoms with Gasteiger partial charge in [-0.1, -0.05) is 12.1 Å². The van der Waals surface area contributed by atoms with Crippen molar-refractivity contribution in [3.8, 4) is 0 Å². The molecule has 7 heteroatoms. The number of nitrogens with one attached hydrogen (secondary N) is 1. The molecule has 2 N–H and O–H groups in total. The van der Waals surface area contributed by atoms with Gasteiger partial charge in [0.15, 0.2) is 0 Å². The van der Waals surface area contributed by atoms with E-state index in [4.69, 9.17) is 9.63 Å². The molecule has 2 aromatic rings. The lowest BCUT2D eigenvalue weighted by atomic mass is 10.1. The summed E-state index contributed by atoms with van der Waals surface area (Å²) in [6.45, 7) is 3.51. The number of nitrogens with zero attached hydrogens (tertiary/aromatic N) is 2. The van der Waals surface area contributed by atoms with Crippen LogP contribution in [0.25, 0.3) is 0 Å². The summed E-state index contributed by atoms with van der Waals surface area (Å²) in [4.78, 5) is 26.8. The maximum atomic E-state index is 12.2. The number of pyridine rings is 1. The first-order valence-electron chi connectivity index (χ1n) is 5.97. The maximum Gasteiger partial charge on any atom is 0.337 e. The number of aromatic nitrogens is 2. The smallest absolute Gasteiger partial charge is 0.337 e. The number of hydrogen-bond acceptors (Lipinski definition) is 5. The van der Waals surface area contributed by atoms with Gasteiger partial charge in [0.25, 0.3) is 5.91 Å². The van der Waals surface area contributed by atoms with E-state index in [-0.39, 0.29) is 5.56 Å². The average molecular weight is 275 g/mol. The van der Waals surface area contributed by atoms with Gasteiger partial charge in [0, 0.05) is 6.20 Å². The van der Waals surface area contributed by atoms with E-state index in [1.165, 1.54) is 18.5 Å². The summed E-state index contributed by atoms with van der Waals surface area (Å²) in [6.07, 6.45) is 3.15. The predicted octanol–water partition coefficient (Wildman–Crippen LogP) is 1.89. The van der Waals surface area contributed by atoms with Gasteiger partial charge >= 0.3 is 5.97 Å². The Balaban J connectivity index is 2.25. The summed E-state index contributed by atoms with van der Waals surface area (Å²) in [5.74, 6) is -1.09. The molecule has 0 spiro atoms. The van der Waals surface area contributed by atoms with E-state index < -0.39 is 11.9 Å². The first-order chi connectivity index (χ1) is 9.52. The lowest BCUT2D eigenvalue weighted by molar-refractivity contribution is 0.0696. The van der Waals surface area contributed by atoms with Crippen LogP contribution < -0.4 is 5.32 Å². The Kier molecular flexibility index (Phi) is 3.79. The quantitative estimate of drug-likeness (QED) is 0.882. The molecule has 20 heavy (non-hydrogen) atoms. The largest absolute Gasteiger partial charge is 0.478 e. The molecule has 0 aliphatic rings. The van der Waals surface area contributed by atoms with Crippen LogP contribution in [-0.4, -0.2) is 27.1 Å². The fourth-order valence-electron chi connectivity index (χ4n) is 1.77. The summed E-state index contributed by atoms with van der Waals surface area (Å²) in [6, 6.07) is 1.34. The van der Waals surface area contributed by atoms with E-state index in [0.29, 0.717) is 29.1 Å². The molecule has 0 aromatic carbocycles. The monoisotopic (exact) mass is 275 g/mol. The first-order valence-corrected chi connectivity index (χ1v) is 5.97. The van der Waals surface area contributed by atoms with Crippen molar-refractivity contribution in [2.24, 2.45) is 0 Å². The van der Waals surface area contributed by atoms with Crippen LogP contribution in [-0.2, 0) is 6.42 Å². The van der Waals surface area contributed by atoms with E-state index in [9.17, 15) is 9.59 Å². The second kappa shape index (κ2) is 5.52. The second-order valence-electron chi connectivity index (χ2n) is 4.14. The van der Waals surface area contributed by atoms with Crippen LogP contribution in [0.15, 0.2) is 23.0 Å². The zero-order valence-electron chi connectivity index (χ0n) is 11.0. The summed E-state index contributed by atoms with van der Waals surface area (Å²) >= 11 is 0. The molecule has 2 aromatic heterocycles. The number of amides is 1. The molecule has 0 saturated carbocycles. The van der Waals surface area contributed by atoms with Gasteiger partial charge in [0.2, 0.25) is 0 Å². The molecule has 7 nitrogen and oxygen atoms in total. The zero-order chi connectivity index (χ0) is 14.7. The zero-order valence-corrected chi connectivity index (χ0v) is 11.0. The van der Waals surface area contributed by atoms with Crippen LogP contribution in [0.1, 0.15) is 39.1 Å². The van der Waals surface area contributed by atoms with E-state index >= 15 is 0 Å². The van der Waals surface area contributed by atoms with Crippen LogP contribution in [0.3, 0.4) is 0 Å². The predicted molar refractivity (Wildman–Crippen MR) is 69.8 cm³/mol.